The second kappa shape index (κ2) is 6.87. The van der Waals surface area contributed by atoms with E-state index < -0.39 is 0 Å². The van der Waals surface area contributed by atoms with Crippen LogP contribution in [0, 0.1) is 5.82 Å². The molecule has 1 aliphatic carbocycles. The fraction of sp³-hybridized carbons (Fsp3) is 0.600. The summed E-state index contributed by atoms with van der Waals surface area (Å²) in [6, 6.07) is 5.91. The number of benzene rings is 1. The summed E-state index contributed by atoms with van der Waals surface area (Å²) in [6.45, 7) is 6.03. The Morgan fingerprint density at radius 3 is 2.79 bits per heavy atom. The summed E-state index contributed by atoms with van der Waals surface area (Å²) in [7, 11) is 1.48. The minimum atomic E-state index is -0.296. The number of hydrogen-bond donors (Lipinski definition) is 1. The van der Waals surface area contributed by atoms with Crippen molar-refractivity contribution in [3.05, 3.63) is 29.6 Å². The van der Waals surface area contributed by atoms with Gasteiger partial charge >= 0.3 is 0 Å². The Hall–Kier alpha value is -1.13. The zero-order chi connectivity index (χ0) is 13.7. The third-order valence-electron chi connectivity index (χ3n) is 3.59. The Balaban J connectivity index is 1.71. The van der Waals surface area contributed by atoms with Crippen LogP contribution in [0.2, 0.25) is 0 Å². The van der Waals surface area contributed by atoms with E-state index in [9.17, 15) is 4.39 Å². The fourth-order valence-electron chi connectivity index (χ4n) is 2.31. The van der Waals surface area contributed by atoms with E-state index in [0.717, 1.165) is 31.2 Å². The highest BCUT2D eigenvalue weighted by atomic mass is 19.1. The van der Waals surface area contributed by atoms with Crippen LogP contribution >= 0.6 is 0 Å². The number of methoxy groups -OCH3 is 1. The first-order valence-corrected chi connectivity index (χ1v) is 7.01. The molecular weight excluding hydrogens is 243 g/mol. The van der Waals surface area contributed by atoms with Crippen molar-refractivity contribution in [2.24, 2.45) is 0 Å². The largest absolute Gasteiger partial charge is 0.494 e. The smallest absolute Gasteiger partial charge is 0.165 e. The summed E-state index contributed by atoms with van der Waals surface area (Å²) >= 11 is 0. The van der Waals surface area contributed by atoms with Crippen molar-refractivity contribution < 1.29 is 9.13 Å². The summed E-state index contributed by atoms with van der Waals surface area (Å²) in [5.41, 5.74) is 0.952. The summed E-state index contributed by atoms with van der Waals surface area (Å²) in [6.07, 6.45) is 2.69. The molecule has 2 rings (SSSR count). The SMILES string of the molecule is CCN(CCNCc1ccc(OC)c(F)c1)C1CC1. The van der Waals surface area contributed by atoms with E-state index in [1.807, 2.05) is 6.07 Å². The average Bonchev–Trinajstić information content (AvgIpc) is 3.23. The van der Waals surface area contributed by atoms with E-state index >= 15 is 0 Å². The zero-order valence-electron chi connectivity index (χ0n) is 11.8. The highest BCUT2D eigenvalue weighted by Crippen LogP contribution is 2.25. The summed E-state index contributed by atoms with van der Waals surface area (Å²) in [4.78, 5) is 2.50. The van der Waals surface area contributed by atoms with Crippen LogP contribution < -0.4 is 10.1 Å². The van der Waals surface area contributed by atoms with E-state index in [1.165, 1.54) is 26.0 Å². The van der Waals surface area contributed by atoms with E-state index in [1.54, 1.807) is 6.07 Å². The van der Waals surface area contributed by atoms with Gasteiger partial charge < -0.3 is 10.1 Å². The standard InChI is InChI=1S/C15H23FN2O/c1-3-18(13-5-6-13)9-8-17-11-12-4-7-15(19-2)14(16)10-12/h4,7,10,13,17H,3,5-6,8-9,11H2,1-2H3. The van der Waals surface area contributed by atoms with Crippen molar-refractivity contribution in [2.45, 2.75) is 32.4 Å². The van der Waals surface area contributed by atoms with Gasteiger partial charge in [0, 0.05) is 25.7 Å². The quantitative estimate of drug-likeness (QED) is 0.731. The lowest BCUT2D eigenvalue weighted by Crippen LogP contribution is -2.33. The van der Waals surface area contributed by atoms with Gasteiger partial charge in [-0.05, 0) is 37.1 Å². The summed E-state index contributed by atoms with van der Waals surface area (Å²) in [5.74, 6) is 0.00427. The van der Waals surface area contributed by atoms with E-state index in [4.69, 9.17) is 4.74 Å². The van der Waals surface area contributed by atoms with Gasteiger partial charge in [-0.2, -0.15) is 0 Å². The van der Waals surface area contributed by atoms with Gasteiger partial charge in [-0.1, -0.05) is 13.0 Å². The molecule has 0 heterocycles. The Morgan fingerprint density at radius 2 is 2.21 bits per heavy atom. The third kappa shape index (κ3) is 4.18. The molecule has 4 heteroatoms. The number of nitrogens with zero attached hydrogens (tertiary/aromatic N) is 1. The van der Waals surface area contributed by atoms with E-state index in [-0.39, 0.29) is 5.82 Å². The number of halogens is 1. The normalized spacial score (nSPS) is 14.9. The number of nitrogens with one attached hydrogen (secondary N) is 1. The van der Waals surface area contributed by atoms with Crippen LogP contribution in [0.15, 0.2) is 18.2 Å². The van der Waals surface area contributed by atoms with Crippen LogP contribution in [0.3, 0.4) is 0 Å². The van der Waals surface area contributed by atoms with Gasteiger partial charge in [0.15, 0.2) is 11.6 Å². The molecule has 0 bridgehead atoms. The van der Waals surface area contributed by atoms with Crippen LogP contribution in [-0.2, 0) is 6.54 Å². The van der Waals surface area contributed by atoms with Crippen molar-refractivity contribution in [2.75, 3.05) is 26.7 Å². The lowest BCUT2D eigenvalue weighted by atomic mass is 10.2. The van der Waals surface area contributed by atoms with Crippen molar-refractivity contribution in [3.63, 3.8) is 0 Å². The minimum absolute atomic E-state index is 0.296. The molecule has 0 spiro atoms. The molecule has 0 radical (unpaired) electrons. The highest BCUT2D eigenvalue weighted by molar-refractivity contribution is 5.29. The van der Waals surface area contributed by atoms with Gasteiger partial charge in [-0.25, -0.2) is 4.39 Å². The molecule has 0 atom stereocenters. The molecule has 1 aliphatic rings. The molecule has 0 amide bonds. The number of likely N-dealkylation sites (N-methyl/N-ethyl adjacent to an activating group) is 1. The maximum atomic E-state index is 13.5. The van der Waals surface area contributed by atoms with Crippen LogP contribution in [0.25, 0.3) is 0 Å². The van der Waals surface area contributed by atoms with Crippen molar-refractivity contribution in [1.82, 2.24) is 10.2 Å². The molecule has 1 fully saturated rings. The monoisotopic (exact) mass is 266 g/mol. The second-order valence-corrected chi connectivity index (χ2v) is 5.01. The zero-order valence-corrected chi connectivity index (χ0v) is 11.8. The fourth-order valence-corrected chi connectivity index (χ4v) is 2.31. The predicted octanol–water partition coefficient (Wildman–Crippen LogP) is 2.41. The van der Waals surface area contributed by atoms with Gasteiger partial charge in [0.25, 0.3) is 0 Å². The predicted molar refractivity (Wildman–Crippen MR) is 74.9 cm³/mol. The maximum Gasteiger partial charge on any atom is 0.165 e. The molecule has 0 saturated heterocycles. The van der Waals surface area contributed by atoms with Gasteiger partial charge in [-0.3, -0.25) is 4.90 Å². The Bertz CT molecular complexity index is 407. The van der Waals surface area contributed by atoms with Gasteiger partial charge in [0.05, 0.1) is 7.11 Å². The van der Waals surface area contributed by atoms with Crippen LogP contribution in [0.1, 0.15) is 25.3 Å². The molecule has 1 N–H and O–H groups in total. The first-order chi connectivity index (χ1) is 9.24. The lowest BCUT2D eigenvalue weighted by molar-refractivity contribution is 0.277. The third-order valence-corrected chi connectivity index (χ3v) is 3.59. The molecule has 1 saturated carbocycles. The molecule has 0 unspecified atom stereocenters. The van der Waals surface area contributed by atoms with Crippen molar-refractivity contribution >= 4 is 0 Å². The molecular formula is C15H23FN2O. The first-order valence-electron chi connectivity index (χ1n) is 7.01. The van der Waals surface area contributed by atoms with E-state index in [0.29, 0.717) is 12.3 Å². The first kappa shape index (κ1) is 14.3. The van der Waals surface area contributed by atoms with Gasteiger partial charge in [0.2, 0.25) is 0 Å². The average molecular weight is 266 g/mol. The maximum absolute atomic E-state index is 13.5. The molecule has 0 aromatic heterocycles. The molecule has 3 nitrogen and oxygen atoms in total. The van der Waals surface area contributed by atoms with Crippen molar-refractivity contribution in [3.8, 4) is 5.75 Å². The Kier molecular flexibility index (Phi) is 5.16. The molecule has 1 aromatic rings. The highest BCUT2D eigenvalue weighted by Gasteiger charge is 2.26. The lowest BCUT2D eigenvalue weighted by Gasteiger charge is -2.19. The number of hydrogen-bond acceptors (Lipinski definition) is 3. The van der Waals surface area contributed by atoms with Crippen LogP contribution in [0.5, 0.6) is 5.75 Å². The van der Waals surface area contributed by atoms with E-state index in [2.05, 4.69) is 17.1 Å². The van der Waals surface area contributed by atoms with Gasteiger partial charge in [-0.15, -0.1) is 0 Å². The molecule has 19 heavy (non-hydrogen) atoms. The topological polar surface area (TPSA) is 24.5 Å². The Morgan fingerprint density at radius 1 is 1.42 bits per heavy atom. The summed E-state index contributed by atoms with van der Waals surface area (Å²) in [5, 5.41) is 3.36. The number of ether oxygens (including phenoxy) is 1. The molecule has 1 aromatic carbocycles. The van der Waals surface area contributed by atoms with Crippen LogP contribution in [-0.4, -0.2) is 37.7 Å². The summed E-state index contributed by atoms with van der Waals surface area (Å²) < 4.78 is 18.4. The van der Waals surface area contributed by atoms with Crippen LogP contribution in [0.4, 0.5) is 4.39 Å². The molecule has 106 valence electrons. The molecule has 0 aliphatic heterocycles. The minimum Gasteiger partial charge on any atom is -0.494 e. The number of rotatable bonds is 8. The second-order valence-electron chi connectivity index (χ2n) is 5.01. The van der Waals surface area contributed by atoms with Crippen molar-refractivity contribution in [1.29, 1.82) is 0 Å². The Labute approximate surface area is 114 Å². The van der Waals surface area contributed by atoms with Gasteiger partial charge in [0.1, 0.15) is 0 Å².